The Kier molecular flexibility index (Phi) is 4.70. The predicted octanol–water partition coefficient (Wildman–Crippen LogP) is 0.0335. The molecule has 1 aromatic heterocycles. The van der Waals surface area contributed by atoms with Crippen LogP contribution in [0.1, 0.15) is 19.6 Å². The highest BCUT2D eigenvalue weighted by Crippen LogP contribution is 2.15. The van der Waals surface area contributed by atoms with Gasteiger partial charge in [-0.3, -0.25) is 0 Å². The summed E-state index contributed by atoms with van der Waals surface area (Å²) in [7, 11) is -3.74. The van der Waals surface area contributed by atoms with Crippen molar-refractivity contribution in [1.29, 1.82) is 0 Å². The minimum absolute atomic E-state index is 0.0151. The predicted molar refractivity (Wildman–Crippen MR) is 62.6 cm³/mol. The van der Waals surface area contributed by atoms with Crippen LogP contribution >= 0.6 is 0 Å². The molecule has 0 aliphatic heterocycles. The highest BCUT2D eigenvalue weighted by atomic mass is 32.2. The van der Waals surface area contributed by atoms with Gasteiger partial charge in [-0.1, -0.05) is 13.8 Å². The Hall–Kier alpha value is -0.890. The number of furan rings is 1. The van der Waals surface area contributed by atoms with Crippen LogP contribution in [-0.2, 0) is 16.6 Å². The zero-order valence-corrected chi connectivity index (χ0v) is 10.7. The molecule has 1 unspecified atom stereocenters. The van der Waals surface area contributed by atoms with Gasteiger partial charge >= 0.3 is 0 Å². The average molecular weight is 262 g/mol. The van der Waals surface area contributed by atoms with E-state index in [4.69, 9.17) is 15.3 Å². The average Bonchev–Trinajstić information content (AvgIpc) is 2.74. The van der Waals surface area contributed by atoms with E-state index in [9.17, 15) is 8.42 Å². The number of hydrogen-bond donors (Lipinski definition) is 3. The van der Waals surface area contributed by atoms with E-state index in [2.05, 4.69) is 4.72 Å². The number of rotatable bonds is 6. The summed E-state index contributed by atoms with van der Waals surface area (Å²) in [6.07, 6.45) is 0. The van der Waals surface area contributed by atoms with Crippen molar-refractivity contribution < 1.29 is 17.9 Å². The summed E-state index contributed by atoms with van der Waals surface area (Å²) in [4.78, 5) is 0. The van der Waals surface area contributed by atoms with Gasteiger partial charge in [-0.2, -0.15) is 0 Å². The summed E-state index contributed by atoms with van der Waals surface area (Å²) in [6, 6.07) is 2.32. The molecule has 17 heavy (non-hydrogen) atoms. The Bertz CT molecular complexity index is 453. The lowest BCUT2D eigenvalue weighted by molar-refractivity contribution is 0.227. The quantitative estimate of drug-likeness (QED) is 0.671. The fraction of sp³-hybridized carbons (Fsp3) is 0.600. The zero-order chi connectivity index (χ0) is 13.1. The van der Waals surface area contributed by atoms with Gasteiger partial charge in [0.05, 0.1) is 13.2 Å². The highest BCUT2D eigenvalue weighted by molar-refractivity contribution is 7.89. The minimum atomic E-state index is -3.74. The lowest BCUT2D eigenvalue weighted by Gasteiger charge is -2.18. The molecule has 6 nitrogen and oxygen atoms in total. The first-order valence-electron chi connectivity index (χ1n) is 5.32. The summed E-state index contributed by atoms with van der Waals surface area (Å²) in [6.45, 7) is 3.51. The lowest BCUT2D eigenvalue weighted by Crippen LogP contribution is -2.40. The van der Waals surface area contributed by atoms with Crippen LogP contribution in [0, 0.1) is 5.92 Å². The first-order chi connectivity index (χ1) is 7.90. The first-order valence-corrected chi connectivity index (χ1v) is 6.81. The van der Waals surface area contributed by atoms with Crippen molar-refractivity contribution in [3.05, 3.63) is 17.9 Å². The maximum atomic E-state index is 11.9. The van der Waals surface area contributed by atoms with E-state index in [1.807, 2.05) is 13.8 Å². The normalized spacial score (nSPS) is 14.2. The third-order valence-corrected chi connectivity index (χ3v) is 3.77. The van der Waals surface area contributed by atoms with E-state index in [0.717, 1.165) is 0 Å². The van der Waals surface area contributed by atoms with Gasteiger partial charge in [0.2, 0.25) is 5.09 Å². The van der Waals surface area contributed by atoms with Gasteiger partial charge in [0.1, 0.15) is 5.76 Å². The Balaban J connectivity index is 2.88. The molecular weight excluding hydrogens is 244 g/mol. The summed E-state index contributed by atoms with van der Waals surface area (Å²) >= 11 is 0. The molecule has 1 aromatic rings. The SMILES string of the molecule is CC(C)C(CO)NS(=O)(=O)c1ccc(CN)o1. The van der Waals surface area contributed by atoms with Crippen molar-refractivity contribution in [1.82, 2.24) is 4.72 Å². The monoisotopic (exact) mass is 262 g/mol. The van der Waals surface area contributed by atoms with E-state index in [1.165, 1.54) is 12.1 Å². The van der Waals surface area contributed by atoms with Crippen LogP contribution in [0.25, 0.3) is 0 Å². The summed E-state index contributed by atoms with van der Waals surface area (Å²) in [5, 5.41) is 8.90. The van der Waals surface area contributed by atoms with Crippen LogP contribution in [0.5, 0.6) is 0 Å². The number of nitrogens with one attached hydrogen (secondary N) is 1. The summed E-state index contributed by atoms with van der Waals surface area (Å²) in [5.74, 6) is 0.384. The third kappa shape index (κ3) is 3.53. The van der Waals surface area contributed by atoms with Crippen molar-refractivity contribution in [3.8, 4) is 0 Å². The standard InChI is InChI=1S/C10H18N2O4S/c1-7(2)9(6-13)12-17(14,15)10-4-3-8(5-11)16-10/h3-4,7,9,12-13H,5-6,11H2,1-2H3. The molecule has 1 rings (SSSR count). The van der Waals surface area contributed by atoms with E-state index < -0.39 is 16.1 Å². The number of aliphatic hydroxyl groups excluding tert-OH is 1. The van der Waals surface area contributed by atoms with Crippen LogP contribution in [0.15, 0.2) is 21.6 Å². The molecule has 0 amide bonds. The molecule has 0 aliphatic rings. The van der Waals surface area contributed by atoms with Crippen molar-refractivity contribution >= 4 is 10.0 Å². The van der Waals surface area contributed by atoms with E-state index in [1.54, 1.807) is 0 Å². The molecule has 0 aliphatic carbocycles. The molecule has 0 aromatic carbocycles. The van der Waals surface area contributed by atoms with Crippen LogP contribution in [0.4, 0.5) is 0 Å². The summed E-state index contributed by atoms with van der Waals surface area (Å²) < 4.78 is 31.2. The lowest BCUT2D eigenvalue weighted by atomic mass is 10.1. The Morgan fingerprint density at radius 2 is 2.12 bits per heavy atom. The molecule has 4 N–H and O–H groups in total. The van der Waals surface area contributed by atoms with Crippen LogP contribution in [0.3, 0.4) is 0 Å². The maximum Gasteiger partial charge on any atom is 0.274 e. The van der Waals surface area contributed by atoms with E-state index in [-0.39, 0.29) is 24.2 Å². The Morgan fingerprint density at radius 1 is 1.47 bits per heavy atom. The molecule has 1 atom stereocenters. The van der Waals surface area contributed by atoms with Gasteiger partial charge < -0.3 is 15.3 Å². The van der Waals surface area contributed by atoms with Gasteiger partial charge in [-0.15, -0.1) is 0 Å². The second kappa shape index (κ2) is 5.63. The van der Waals surface area contributed by atoms with Gasteiger partial charge in [0.25, 0.3) is 10.0 Å². The second-order valence-corrected chi connectivity index (χ2v) is 5.72. The summed E-state index contributed by atoms with van der Waals surface area (Å²) in [5.41, 5.74) is 5.33. The van der Waals surface area contributed by atoms with Crippen molar-refractivity contribution in [2.75, 3.05) is 6.61 Å². The molecule has 0 saturated carbocycles. The minimum Gasteiger partial charge on any atom is -0.447 e. The molecule has 7 heteroatoms. The van der Waals surface area contributed by atoms with Gasteiger partial charge in [0.15, 0.2) is 0 Å². The number of nitrogens with two attached hydrogens (primary N) is 1. The van der Waals surface area contributed by atoms with Gasteiger partial charge in [-0.05, 0) is 18.1 Å². The fourth-order valence-corrected chi connectivity index (χ4v) is 2.58. The Labute approximate surface area is 101 Å². The van der Waals surface area contributed by atoms with Crippen LogP contribution < -0.4 is 10.5 Å². The Morgan fingerprint density at radius 3 is 2.53 bits per heavy atom. The van der Waals surface area contributed by atoms with Crippen LogP contribution in [0.2, 0.25) is 0 Å². The van der Waals surface area contributed by atoms with E-state index in [0.29, 0.717) is 5.76 Å². The topological polar surface area (TPSA) is 106 Å². The molecule has 0 saturated heterocycles. The maximum absolute atomic E-state index is 11.9. The fourth-order valence-electron chi connectivity index (χ4n) is 1.25. The molecular formula is C10H18N2O4S. The molecule has 1 heterocycles. The number of sulfonamides is 1. The number of aliphatic hydroxyl groups is 1. The molecule has 98 valence electrons. The molecule has 0 radical (unpaired) electrons. The van der Waals surface area contributed by atoms with Crippen molar-refractivity contribution in [2.45, 2.75) is 31.5 Å². The number of hydrogen-bond acceptors (Lipinski definition) is 5. The van der Waals surface area contributed by atoms with Gasteiger partial charge in [-0.25, -0.2) is 13.1 Å². The smallest absolute Gasteiger partial charge is 0.274 e. The molecule has 0 fully saturated rings. The van der Waals surface area contributed by atoms with Crippen molar-refractivity contribution in [2.24, 2.45) is 11.7 Å². The van der Waals surface area contributed by atoms with Gasteiger partial charge in [0, 0.05) is 6.04 Å². The second-order valence-electron chi connectivity index (χ2n) is 4.08. The molecule has 0 spiro atoms. The largest absolute Gasteiger partial charge is 0.447 e. The molecule has 0 bridgehead atoms. The third-order valence-electron chi connectivity index (χ3n) is 2.41. The first kappa shape index (κ1) is 14.2. The zero-order valence-electron chi connectivity index (χ0n) is 9.88. The van der Waals surface area contributed by atoms with Crippen molar-refractivity contribution in [3.63, 3.8) is 0 Å². The van der Waals surface area contributed by atoms with E-state index >= 15 is 0 Å². The van der Waals surface area contributed by atoms with Crippen LogP contribution in [-0.4, -0.2) is 26.2 Å². The highest BCUT2D eigenvalue weighted by Gasteiger charge is 2.24.